The number of nitrogens with zero attached hydrogens (tertiary/aromatic N) is 1. The molecule has 1 rings (SSSR count). The van der Waals surface area contributed by atoms with E-state index in [9.17, 15) is 5.11 Å². The Hall–Kier alpha value is -1.02. The topological polar surface area (TPSA) is 65.9 Å². The maximum atomic E-state index is 9.41. The van der Waals surface area contributed by atoms with Gasteiger partial charge in [0.1, 0.15) is 5.75 Å². The number of benzene rings is 1. The quantitative estimate of drug-likeness (QED) is 0.368. The van der Waals surface area contributed by atoms with Gasteiger partial charge in [-0.05, 0) is 38.0 Å². The zero-order valence-corrected chi connectivity index (χ0v) is 15.3. The third-order valence-corrected chi connectivity index (χ3v) is 2.72. The summed E-state index contributed by atoms with van der Waals surface area (Å²) in [6.07, 6.45) is 0.795. The second-order valence-electron chi connectivity index (χ2n) is 4.68. The number of phenolic OH excluding ortho intramolecular Hbond substituents is 1. The molecule has 0 saturated heterocycles. The van der Waals surface area contributed by atoms with Gasteiger partial charge in [-0.2, -0.15) is 0 Å². The largest absolute Gasteiger partial charge is 0.508 e. The number of hydrogen-bond donors (Lipinski definition) is 3. The van der Waals surface area contributed by atoms with Crippen molar-refractivity contribution in [2.75, 3.05) is 26.8 Å². The van der Waals surface area contributed by atoms with E-state index in [2.05, 4.69) is 15.6 Å². The van der Waals surface area contributed by atoms with Crippen LogP contribution in [0.5, 0.6) is 5.75 Å². The van der Waals surface area contributed by atoms with Crippen LogP contribution in [0.1, 0.15) is 19.4 Å². The highest BCUT2D eigenvalue weighted by Gasteiger charge is 2.04. The molecule has 120 valence electrons. The average molecular weight is 407 g/mol. The van der Waals surface area contributed by atoms with Crippen LogP contribution in [-0.4, -0.2) is 43.9 Å². The van der Waals surface area contributed by atoms with Crippen LogP contribution in [0.4, 0.5) is 0 Å². The molecule has 0 fully saturated rings. The van der Waals surface area contributed by atoms with E-state index in [1.54, 1.807) is 19.2 Å². The number of guanidine groups is 1. The third kappa shape index (κ3) is 8.77. The van der Waals surface area contributed by atoms with Gasteiger partial charge in [-0.1, -0.05) is 12.1 Å². The molecule has 0 aliphatic heterocycles. The summed E-state index contributed by atoms with van der Waals surface area (Å²) in [5, 5.41) is 15.9. The van der Waals surface area contributed by atoms with E-state index in [-0.39, 0.29) is 30.0 Å². The van der Waals surface area contributed by atoms with Crippen LogP contribution in [0.25, 0.3) is 0 Å². The minimum absolute atomic E-state index is 0. The molecule has 1 aromatic rings. The van der Waals surface area contributed by atoms with Crippen LogP contribution < -0.4 is 10.6 Å². The Balaban J connectivity index is 0.00000400. The Bertz CT molecular complexity index is 427. The molecule has 6 heteroatoms. The molecule has 0 spiro atoms. The van der Waals surface area contributed by atoms with Gasteiger partial charge >= 0.3 is 0 Å². The fourth-order valence-corrected chi connectivity index (χ4v) is 1.85. The Morgan fingerprint density at radius 3 is 2.81 bits per heavy atom. The highest BCUT2D eigenvalue weighted by atomic mass is 127. The van der Waals surface area contributed by atoms with Crippen molar-refractivity contribution in [2.45, 2.75) is 26.3 Å². The molecule has 0 radical (unpaired) electrons. The molecule has 1 unspecified atom stereocenters. The van der Waals surface area contributed by atoms with Crippen LogP contribution in [0, 0.1) is 0 Å². The van der Waals surface area contributed by atoms with Crippen molar-refractivity contribution >= 4 is 29.9 Å². The summed E-state index contributed by atoms with van der Waals surface area (Å²) in [6.45, 7) is 6.20. The summed E-state index contributed by atoms with van der Waals surface area (Å²) in [5.41, 5.74) is 1.08. The Labute approximate surface area is 144 Å². The number of halogens is 1. The minimum Gasteiger partial charge on any atom is -0.508 e. The minimum atomic E-state index is 0. The first-order valence-corrected chi connectivity index (χ1v) is 6.97. The Kier molecular flexibility index (Phi) is 11.1. The van der Waals surface area contributed by atoms with Crippen molar-refractivity contribution < 1.29 is 9.84 Å². The van der Waals surface area contributed by atoms with Crippen molar-refractivity contribution in [3.63, 3.8) is 0 Å². The maximum Gasteiger partial charge on any atom is 0.191 e. The van der Waals surface area contributed by atoms with Gasteiger partial charge in [0.05, 0.1) is 6.61 Å². The van der Waals surface area contributed by atoms with Crippen molar-refractivity contribution in [1.29, 1.82) is 0 Å². The maximum absolute atomic E-state index is 9.41. The SMILES string of the molecule is CCNC(=NCCc1cccc(O)c1)NC(C)COC.I. The van der Waals surface area contributed by atoms with E-state index < -0.39 is 0 Å². The van der Waals surface area contributed by atoms with Crippen LogP contribution in [-0.2, 0) is 11.2 Å². The van der Waals surface area contributed by atoms with Gasteiger partial charge in [-0.25, -0.2) is 0 Å². The normalized spacial score (nSPS) is 12.4. The molecule has 0 bridgehead atoms. The van der Waals surface area contributed by atoms with Crippen LogP contribution in [0.2, 0.25) is 0 Å². The van der Waals surface area contributed by atoms with Gasteiger partial charge < -0.3 is 20.5 Å². The fourth-order valence-electron chi connectivity index (χ4n) is 1.85. The van der Waals surface area contributed by atoms with E-state index in [1.807, 2.05) is 26.0 Å². The molecule has 1 atom stereocenters. The number of aliphatic imine (C=N–C) groups is 1. The van der Waals surface area contributed by atoms with Crippen molar-refractivity contribution in [2.24, 2.45) is 4.99 Å². The second-order valence-corrected chi connectivity index (χ2v) is 4.68. The molecule has 0 aliphatic carbocycles. The Morgan fingerprint density at radius 1 is 1.43 bits per heavy atom. The summed E-state index contributed by atoms with van der Waals surface area (Å²) < 4.78 is 5.10. The van der Waals surface area contributed by atoms with Crippen molar-refractivity contribution in [1.82, 2.24) is 10.6 Å². The molecule has 0 saturated carbocycles. The fraction of sp³-hybridized carbons (Fsp3) is 0.533. The van der Waals surface area contributed by atoms with Gasteiger partial charge in [0.15, 0.2) is 5.96 Å². The van der Waals surface area contributed by atoms with E-state index >= 15 is 0 Å². The lowest BCUT2D eigenvalue weighted by molar-refractivity contribution is 0.179. The number of nitrogens with one attached hydrogen (secondary N) is 2. The Morgan fingerprint density at radius 2 is 2.19 bits per heavy atom. The zero-order valence-electron chi connectivity index (χ0n) is 12.9. The van der Waals surface area contributed by atoms with E-state index in [0.717, 1.165) is 24.5 Å². The number of methoxy groups -OCH3 is 1. The highest BCUT2D eigenvalue weighted by Crippen LogP contribution is 2.11. The molecule has 0 amide bonds. The van der Waals surface area contributed by atoms with Crippen molar-refractivity contribution in [3.05, 3.63) is 29.8 Å². The molecule has 0 aliphatic rings. The monoisotopic (exact) mass is 407 g/mol. The molecule has 3 N–H and O–H groups in total. The average Bonchev–Trinajstić information content (AvgIpc) is 2.39. The number of ether oxygens (including phenoxy) is 1. The summed E-state index contributed by atoms with van der Waals surface area (Å²) in [6, 6.07) is 7.48. The molecule has 5 nitrogen and oxygen atoms in total. The third-order valence-electron chi connectivity index (χ3n) is 2.72. The summed E-state index contributed by atoms with van der Waals surface area (Å²) in [4.78, 5) is 4.52. The van der Waals surface area contributed by atoms with E-state index in [4.69, 9.17) is 4.74 Å². The van der Waals surface area contributed by atoms with E-state index in [1.165, 1.54) is 0 Å². The molecule has 0 heterocycles. The van der Waals surface area contributed by atoms with Crippen LogP contribution in [0.3, 0.4) is 0 Å². The molecule has 21 heavy (non-hydrogen) atoms. The molecule has 0 aromatic heterocycles. The smallest absolute Gasteiger partial charge is 0.191 e. The summed E-state index contributed by atoms with van der Waals surface area (Å²) in [7, 11) is 1.68. The predicted octanol–water partition coefficient (Wildman–Crippen LogP) is 2.14. The van der Waals surface area contributed by atoms with E-state index in [0.29, 0.717) is 18.9 Å². The first-order valence-electron chi connectivity index (χ1n) is 6.97. The molecular weight excluding hydrogens is 381 g/mol. The lowest BCUT2D eigenvalue weighted by Gasteiger charge is -2.16. The first kappa shape index (κ1) is 20.0. The van der Waals surface area contributed by atoms with Gasteiger partial charge in [0.2, 0.25) is 0 Å². The van der Waals surface area contributed by atoms with Gasteiger partial charge in [0.25, 0.3) is 0 Å². The number of phenols is 1. The standard InChI is InChI=1S/C15H25N3O2.HI/c1-4-16-15(18-12(2)11-20-3)17-9-8-13-6-5-7-14(19)10-13;/h5-7,10,12,19H,4,8-9,11H2,1-3H3,(H2,16,17,18);1H. The number of aromatic hydroxyl groups is 1. The summed E-state index contributed by atoms with van der Waals surface area (Å²) in [5.74, 6) is 1.09. The van der Waals surface area contributed by atoms with Crippen LogP contribution in [0.15, 0.2) is 29.3 Å². The lowest BCUT2D eigenvalue weighted by atomic mass is 10.1. The zero-order chi connectivity index (χ0) is 14.8. The molecule has 1 aromatic carbocycles. The summed E-state index contributed by atoms with van der Waals surface area (Å²) >= 11 is 0. The van der Waals surface area contributed by atoms with Crippen molar-refractivity contribution in [3.8, 4) is 5.75 Å². The first-order chi connectivity index (χ1) is 9.65. The second kappa shape index (κ2) is 11.6. The predicted molar refractivity (Wildman–Crippen MR) is 97.7 cm³/mol. The van der Waals surface area contributed by atoms with Gasteiger partial charge in [-0.15, -0.1) is 24.0 Å². The lowest BCUT2D eigenvalue weighted by Crippen LogP contribution is -2.44. The molecular formula is C15H26IN3O2. The number of rotatable bonds is 7. The van der Waals surface area contributed by atoms with Crippen LogP contribution >= 0.6 is 24.0 Å². The van der Waals surface area contributed by atoms with Gasteiger partial charge in [-0.3, -0.25) is 4.99 Å². The van der Waals surface area contributed by atoms with Gasteiger partial charge in [0, 0.05) is 26.2 Å². The number of hydrogen-bond acceptors (Lipinski definition) is 3. The highest BCUT2D eigenvalue weighted by molar-refractivity contribution is 14.0.